The Hall–Kier alpha value is -3.51. The van der Waals surface area contributed by atoms with Gasteiger partial charge >= 0.3 is 0 Å². The Bertz CT molecular complexity index is 1190. The number of carbonyl (C=O) groups excluding carboxylic acids is 2. The number of halogens is 1. The Labute approximate surface area is 197 Å². The maximum absolute atomic E-state index is 13.2. The largest absolute Gasteiger partial charge is 0.482 e. The lowest BCUT2D eigenvalue weighted by Gasteiger charge is -2.36. The van der Waals surface area contributed by atoms with Crippen molar-refractivity contribution in [1.29, 1.82) is 0 Å². The van der Waals surface area contributed by atoms with E-state index >= 15 is 0 Å². The second-order valence-electron chi connectivity index (χ2n) is 8.20. The van der Waals surface area contributed by atoms with Crippen LogP contribution in [0, 0.1) is 0 Å². The van der Waals surface area contributed by atoms with Crippen LogP contribution in [-0.4, -0.2) is 49.5 Å². The first-order valence-electron chi connectivity index (χ1n) is 11.0. The van der Waals surface area contributed by atoms with Gasteiger partial charge in [0.1, 0.15) is 5.75 Å². The number of ether oxygens (including phenoxy) is 1. The molecule has 2 aliphatic heterocycles. The molecule has 0 unspecified atom stereocenters. The lowest BCUT2D eigenvalue weighted by molar-refractivity contribution is -0.121. The first-order valence-corrected chi connectivity index (χ1v) is 11.4. The van der Waals surface area contributed by atoms with Crippen LogP contribution in [0.4, 0.5) is 11.4 Å². The fourth-order valence-corrected chi connectivity index (χ4v) is 4.52. The van der Waals surface area contributed by atoms with Crippen LogP contribution in [-0.2, 0) is 11.3 Å². The molecule has 1 saturated heterocycles. The summed E-state index contributed by atoms with van der Waals surface area (Å²) in [4.78, 5) is 31.5. The molecule has 3 aromatic carbocycles. The van der Waals surface area contributed by atoms with Gasteiger partial charge in [0.15, 0.2) is 6.61 Å². The van der Waals surface area contributed by atoms with E-state index in [0.717, 1.165) is 30.0 Å². The van der Waals surface area contributed by atoms with Crippen LogP contribution in [0.1, 0.15) is 15.9 Å². The third-order valence-corrected chi connectivity index (χ3v) is 6.30. The molecule has 6 nitrogen and oxygen atoms in total. The number of nitrogens with zero attached hydrogens (tertiary/aromatic N) is 3. The summed E-state index contributed by atoms with van der Waals surface area (Å²) in [6, 6.07) is 22.8. The SMILES string of the molecule is O=C(c1cccc(CN2C(=O)COc3ccccc32)c1)N1CCN(c2cccc(Cl)c2)CC1. The lowest BCUT2D eigenvalue weighted by Crippen LogP contribution is -2.48. The number of amides is 2. The third kappa shape index (κ3) is 4.52. The van der Waals surface area contributed by atoms with E-state index in [-0.39, 0.29) is 18.4 Å². The molecule has 0 saturated carbocycles. The molecule has 5 rings (SSSR count). The van der Waals surface area contributed by atoms with Crippen molar-refractivity contribution in [2.75, 3.05) is 42.6 Å². The van der Waals surface area contributed by atoms with Crippen LogP contribution in [0.5, 0.6) is 5.75 Å². The van der Waals surface area contributed by atoms with Crippen LogP contribution in [0.15, 0.2) is 72.8 Å². The molecule has 2 heterocycles. The molecular formula is C26H24ClN3O3. The van der Waals surface area contributed by atoms with Crippen LogP contribution in [0.2, 0.25) is 5.02 Å². The number of anilines is 2. The molecule has 0 atom stereocenters. The fourth-order valence-electron chi connectivity index (χ4n) is 4.34. The Kier molecular flexibility index (Phi) is 5.92. The van der Waals surface area contributed by atoms with E-state index in [9.17, 15) is 9.59 Å². The number of hydrogen-bond donors (Lipinski definition) is 0. The quantitative estimate of drug-likeness (QED) is 0.583. The average Bonchev–Trinajstić information content (AvgIpc) is 2.86. The topological polar surface area (TPSA) is 53.1 Å². The molecule has 0 radical (unpaired) electrons. The number of hydrogen-bond acceptors (Lipinski definition) is 4. The number of rotatable bonds is 4. The van der Waals surface area contributed by atoms with Gasteiger partial charge in [0, 0.05) is 42.5 Å². The number of fused-ring (bicyclic) bond motifs is 1. The number of carbonyl (C=O) groups is 2. The van der Waals surface area contributed by atoms with Gasteiger partial charge in [-0.05, 0) is 48.0 Å². The summed E-state index contributed by atoms with van der Waals surface area (Å²) in [5.41, 5.74) is 3.37. The standard InChI is InChI=1S/C26H24ClN3O3/c27-21-7-4-8-22(16-21)28-11-13-29(14-12-28)26(32)20-6-3-5-19(15-20)17-30-23-9-1-2-10-24(23)33-18-25(30)31/h1-10,15-16H,11-14,17-18H2. The van der Waals surface area contributed by atoms with Gasteiger partial charge in [-0.3, -0.25) is 9.59 Å². The smallest absolute Gasteiger partial charge is 0.265 e. The van der Waals surface area contributed by atoms with E-state index in [1.807, 2.05) is 77.7 Å². The van der Waals surface area contributed by atoms with E-state index < -0.39 is 0 Å². The number of benzene rings is 3. The molecule has 0 aromatic heterocycles. The first kappa shape index (κ1) is 21.3. The molecule has 0 aliphatic carbocycles. The lowest BCUT2D eigenvalue weighted by atomic mass is 10.1. The molecule has 1 fully saturated rings. The highest BCUT2D eigenvalue weighted by atomic mass is 35.5. The highest BCUT2D eigenvalue weighted by Crippen LogP contribution is 2.32. The van der Waals surface area contributed by atoms with Crippen molar-refractivity contribution >= 4 is 34.8 Å². The van der Waals surface area contributed by atoms with Crippen molar-refractivity contribution in [3.63, 3.8) is 0 Å². The maximum Gasteiger partial charge on any atom is 0.265 e. The van der Waals surface area contributed by atoms with Gasteiger partial charge in [0.05, 0.1) is 12.2 Å². The summed E-state index contributed by atoms with van der Waals surface area (Å²) >= 11 is 6.12. The highest BCUT2D eigenvalue weighted by Gasteiger charge is 2.26. The van der Waals surface area contributed by atoms with E-state index in [1.54, 1.807) is 4.90 Å². The van der Waals surface area contributed by atoms with E-state index in [1.165, 1.54) is 0 Å². The van der Waals surface area contributed by atoms with Crippen LogP contribution in [0.3, 0.4) is 0 Å². The normalized spacial score (nSPS) is 15.8. The summed E-state index contributed by atoms with van der Waals surface area (Å²) in [5, 5.41) is 0.712. The summed E-state index contributed by atoms with van der Waals surface area (Å²) in [6.07, 6.45) is 0. The molecule has 7 heteroatoms. The third-order valence-electron chi connectivity index (χ3n) is 6.06. The van der Waals surface area contributed by atoms with Crippen molar-refractivity contribution in [3.8, 4) is 5.75 Å². The van der Waals surface area contributed by atoms with Crippen molar-refractivity contribution < 1.29 is 14.3 Å². The van der Waals surface area contributed by atoms with Crippen LogP contribution < -0.4 is 14.5 Å². The minimum absolute atomic E-state index is 0.0105. The first-order chi connectivity index (χ1) is 16.1. The zero-order valence-corrected chi connectivity index (χ0v) is 18.9. The van der Waals surface area contributed by atoms with Crippen LogP contribution in [0.25, 0.3) is 0 Å². The molecule has 2 aliphatic rings. The Morgan fingerprint density at radius 1 is 0.909 bits per heavy atom. The summed E-state index contributed by atoms with van der Waals surface area (Å²) in [5.74, 6) is 0.612. The zero-order valence-electron chi connectivity index (χ0n) is 18.1. The molecular weight excluding hydrogens is 438 g/mol. The Balaban J connectivity index is 1.27. The summed E-state index contributed by atoms with van der Waals surface area (Å²) in [6.45, 7) is 3.21. The van der Waals surface area contributed by atoms with Gasteiger partial charge in [-0.2, -0.15) is 0 Å². The second-order valence-corrected chi connectivity index (χ2v) is 8.63. The summed E-state index contributed by atoms with van der Waals surface area (Å²) < 4.78 is 5.53. The average molecular weight is 462 g/mol. The van der Waals surface area contributed by atoms with E-state index in [4.69, 9.17) is 16.3 Å². The van der Waals surface area contributed by atoms with Crippen molar-refractivity contribution in [1.82, 2.24) is 4.90 Å². The number of para-hydroxylation sites is 2. The van der Waals surface area contributed by atoms with Crippen molar-refractivity contribution in [2.24, 2.45) is 0 Å². The minimum Gasteiger partial charge on any atom is -0.482 e. The fraction of sp³-hybridized carbons (Fsp3) is 0.231. The molecule has 3 aromatic rings. The molecule has 0 spiro atoms. The highest BCUT2D eigenvalue weighted by molar-refractivity contribution is 6.30. The molecule has 0 bridgehead atoms. The zero-order chi connectivity index (χ0) is 22.8. The van der Waals surface area contributed by atoms with Gasteiger partial charge in [0.2, 0.25) is 0 Å². The molecule has 168 valence electrons. The predicted molar refractivity (Wildman–Crippen MR) is 129 cm³/mol. The second kappa shape index (κ2) is 9.16. The molecule has 33 heavy (non-hydrogen) atoms. The number of piperazine rings is 1. The Morgan fingerprint density at radius 2 is 1.70 bits per heavy atom. The Morgan fingerprint density at radius 3 is 2.52 bits per heavy atom. The van der Waals surface area contributed by atoms with Gasteiger partial charge < -0.3 is 19.4 Å². The van der Waals surface area contributed by atoms with E-state index in [2.05, 4.69) is 4.90 Å². The molecule has 0 N–H and O–H groups in total. The van der Waals surface area contributed by atoms with Gasteiger partial charge in [0.25, 0.3) is 11.8 Å². The van der Waals surface area contributed by atoms with Crippen LogP contribution >= 0.6 is 11.6 Å². The van der Waals surface area contributed by atoms with Gasteiger partial charge in [-0.25, -0.2) is 0 Å². The van der Waals surface area contributed by atoms with E-state index in [0.29, 0.717) is 36.0 Å². The maximum atomic E-state index is 13.2. The van der Waals surface area contributed by atoms with Crippen molar-refractivity contribution in [3.05, 3.63) is 88.9 Å². The minimum atomic E-state index is -0.0948. The van der Waals surface area contributed by atoms with Gasteiger partial charge in [-0.15, -0.1) is 0 Å². The van der Waals surface area contributed by atoms with Gasteiger partial charge in [-0.1, -0.05) is 41.9 Å². The predicted octanol–water partition coefficient (Wildman–Crippen LogP) is 4.23. The summed E-state index contributed by atoms with van der Waals surface area (Å²) in [7, 11) is 0. The molecule has 2 amide bonds. The monoisotopic (exact) mass is 461 g/mol. The van der Waals surface area contributed by atoms with Crippen molar-refractivity contribution in [2.45, 2.75) is 6.54 Å².